The predicted molar refractivity (Wildman–Crippen MR) is 134 cm³/mol. The van der Waals surface area contributed by atoms with Crippen LogP contribution in [0.25, 0.3) is 6.08 Å². The van der Waals surface area contributed by atoms with Gasteiger partial charge in [0, 0.05) is 17.8 Å². The number of benzene rings is 3. The third-order valence-corrected chi connectivity index (χ3v) is 6.52. The smallest absolute Gasteiger partial charge is 0.418 e. The number of hydrogen-bond donors (Lipinski definition) is 1. The second-order valence-electron chi connectivity index (χ2n) is 9.85. The Bertz CT molecular complexity index is 1220. The molecule has 36 heavy (non-hydrogen) atoms. The zero-order chi connectivity index (χ0) is 26.0. The van der Waals surface area contributed by atoms with Crippen molar-refractivity contribution < 1.29 is 27.4 Å². The molecule has 0 amide bonds. The number of alkyl halides is 3. The van der Waals surface area contributed by atoms with Crippen molar-refractivity contribution in [2.45, 2.75) is 44.1 Å². The fourth-order valence-corrected chi connectivity index (χ4v) is 4.75. The van der Waals surface area contributed by atoms with Gasteiger partial charge in [0.15, 0.2) is 5.60 Å². The predicted octanol–water partition coefficient (Wildman–Crippen LogP) is 6.90. The average molecular weight is 500 g/mol. The Morgan fingerprint density at radius 3 is 2.36 bits per heavy atom. The minimum absolute atomic E-state index is 0.177. The maximum Gasteiger partial charge on any atom is 0.418 e. The third-order valence-electron chi connectivity index (χ3n) is 6.52. The largest absolute Gasteiger partial charge is 0.489 e. The zero-order valence-corrected chi connectivity index (χ0v) is 20.2. The van der Waals surface area contributed by atoms with Gasteiger partial charge >= 0.3 is 6.18 Å². The third kappa shape index (κ3) is 5.57. The zero-order valence-electron chi connectivity index (χ0n) is 20.2. The second kappa shape index (κ2) is 9.97. The van der Waals surface area contributed by atoms with Crippen LogP contribution >= 0.6 is 0 Å². The van der Waals surface area contributed by atoms with Gasteiger partial charge in [-0.2, -0.15) is 13.2 Å². The van der Waals surface area contributed by atoms with E-state index in [2.05, 4.69) is 0 Å². The van der Waals surface area contributed by atoms with Gasteiger partial charge in [-0.1, -0.05) is 74.5 Å². The highest BCUT2D eigenvalue weighted by molar-refractivity contribution is 5.71. The second-order valence-corrected chi connectivity index (χ2v) is 9.85. The molecule has 0 aromatic heterocycles. The molecule has 190 valence electrons. The molecule has 0 saturated carbocycles. The highest BCUT2D eigenvalue weighted by Crippen LogP contribution is 2.45. The number of hydrogen-bond acceptors (Lipinski definition) is 3. The van der Waals surface area contributed by atoms with Gasteiger partial charge in [0.05, 0.1) is 6.54 Å². The van der Waals surface area contributed by atoms with E-state index < -0.39 is 36.0 Å². The SMILES string of the molecule is CC(C)(CC(O)(CN1CC=Cc2ccccc21)C(F)(F)F)c1cc(F)ccc1OCc1ccccc1. The van der Waals surface area contributed by atoms with Crippen molar-refractivity contribution in [3.05, 3.63) is 101 Å². The molecule has 0 fully saturated rings. The van der Waals surface area contributed by atoms with Crippen LogP contribution in [0.5, 0.6) is 5.75 Å². The molecule has 0 aliphatic carbocycles. The molecular weight excluding hydrogens is 470 g/mol. The highest BCUT2D eigenvalue weighted by Gasteiger charge is 2.57. The molecule has 1 aliphatic heterocycles. The van der Waals surface area contributed by atoms with Crippen molar-refractivity contribution >= 4 is 11.8 Å². The summed E-state index contributed by atoms with van der Waals surface area (Å²) in [6.07, 6.45) is -1.98. The lowest BCUT2D eigenvalue weighted by molar-refractivity contribution is -0.262. The van der Waals surface area contributed by atoms with E-state index in [9.17, 15) is 22.7 Å². The average Bonchev–Trinajstić information content (AvgIpc) is 2.83. The molecular formula is C29H29F4NO2. The van der Waals surface area contributed by atoms with E-state index in [1.54, 1.807) is 32.1 Å². The Hall–Kier alpha value is -3.32. The van der Waals surface area contributed by atoms with Crippen LogP contribution in [0.1, 0.15) is 37.0 Å². The molecule has 1 N–H and O–H groups in total. The van der Waals surface area contributed by atoms with Crippen molar-refractivity contribution in [3.63, 3.8) is 0 Å². The van der Waals surface area contributed by atoms with Gasteiger partial charge in [-0.15, -0.1) is 0 Å². The van der Waals surface area contributed by atoms with Crippen LogP contribution in [0.15, 0.2) is 78.9 Å². The molecule has 1 heterocycles. The van der Waals surface area contributed by atoms with Crippen LogP contribution in [0.2, 0.25) is 0 Å². The maximum atomic E-state index is 14.4. The summed E-state index contributed by atoms with van der Waals surface area (Å²) in [5.74, 6) is -0.309. The maximum absolute atomic E-state index is 14.4. The van der Waals surface area contributed by atoms with Crippen LogP contribution in [-0.2, 0) is 12.0 Å². The Kier molecular flexibility index (Phi) is 7.14. The summed E-state index contributed by atoms with van der Waals surface area (Å²) in [6.45, 7) is 2.89. The topological polar surface area (TPSA) is 32.7 Å². The van der Waals surface area contributed by atoms with Crippen molar-refractivity contribution in [1.82, 2.24) is 0 Å². The first kappa shape index (κ1) is 25.8. The Morgan fingerprint density at radius 2 is 1.64 bits per heavy atom. The molecule has 0 radical (unpaired) electrons. The molecule has 1 atom stereocenters. The Morgan fingerprint density at radius 1 is 0.944 bits per heavy atom. The lowest BCUT2D eigenvalue weighted by atomic mass is 9.74. The fraction of sp³-hybridized carbons (Fsp3) is 0.310. The number of β-amino-alcohol motifs (C(OH)–C–C–N with tert-alkyl or cyclic N) is 1. The Labute approximate surface area is 208 Å². The minimum Gasteiger partial charge on any atom is -0.489 e. The van der Waals surface area contributed by atoms with Gasteiger partial charge in [0.25, 0.3) is 0 Å². The van der Waals surface area contributed by atoms with Crippen molar-refractivity contribution in [1.29, 1.82) is 0 Å². The first-order valence-corrected chi connectivity index (χ1v) is 11.7. The minimum atomic E-state index is -4.92. The fourth-order valence-electron chi connectivity index (χ4n) is 4.75. The number of rotatable bonds is 8. The number of fused-ring (bicyclic) bond motifs is 1. The number of nitrogens with zero attached hydrogens (tertiary/aromatic N) is 1. The van der Waals surface area contributed by atoms with Gasteiger partial charge in [0.1, 0.15) is 18.2 Å². The van der Waals surface area contributed by atoms with Gasteiger partial charge in [-0.25, -0.2) is 4.39 Å². The Balaban J connectivity index is 1.63. The first-order valence-electron chi connectivity index (χ1n) is 11.7. The van der Waals surface area contributed by atoms with Crippen molar-refractivity contribution in [3.8, 4) is 5.75 Å². The summed E-state index contributed by atoms with van der Waals surface area (Å²) in [6, 6.07) is 20.2. The van der Waals surface area contributed by atoms with E-state index in [1.165, 1.54) is 23.1 Å². The summed E-state index contributed by atoms with van der Waals surface area (Å²) in [4.78, 5) is 1.53. The summed E-state index contributed by atoms with van der Waals surface area (Å²) >= 11 is 0. The standard InChI is InChI=1S/C29H29F4NO2/c1-27(2,24-17-23(30)14-15-26(24)36-18-21-9-4-3-5-10-21)19-28(35,29(31,32)33)20-34-16-8-12-22-11-6-7-13-25(22)34/h3-15,17,35H,16,18-20H2,1-2H3. The number of halogens is 4. The molecule has 3 aromatic carbocycles. The van der Waals surface area contributed by atoms with E-state index in [4.69, 9.17) is 4.74 Å². The van der Waals surface area contributed by atoms with Gasteiger partial charge in [-0.3, -0.25) is 0 Å². The molecule has 0 spiro atoms. The molecule has 0 saturated heterocycles. The van der Waals surface area contributed by atoms with Crippen LogP contribution in [0, 0.1) is 5.82 Å². The van der Waals surface area contributed by atoms with E-state index >= 15 is 0 Å². The van der Waals surface area contributed by atoms with E-state index in [1.807, 2.05) is 48.5 Å². The highest BCUT2D eigenvalue weighted by atomic mass is 19.4. The molecule has 7 heteroatoms. The number of anilines is 1. The van der Waals surface area contributed by atoms with Crippen molar-refractivity contribution in [2.24, 2.45) is 0 Å². The van der Waals surface area contributed by atoms with Gasteiger partial charge in [-0.05, 0) is 47.2 Å². The molecule has 1 unspecified atom stereocenters. The molecule has 3 aromatic rings. The van der Waals surface area contributed by atoms with E-state index in [0.717, 1.165) is 11.1 Å². The van der Waals surface area contributed by atoms with Gasteiger partial charge < -0.3 is 14.7 Å². The van der Waals surface area contributed by atoms with Crippen LogP contribution in [-0.4, -0.2) is 30.0 Å². The normalized spacial score (nSPS) is 15.4. The summed E-state index contributed by atoms with van der Waals surface area (Å²) in [7, 11) is 0. The molecule has 1 aliphatic rings. The summed E-state index contributed by atoms with van der Waals surface area (Å²) in [5, 5.41) is 11.2. The number of aliphatic hydroxyl groups is 1. The molecule has 0 bridgehead atoms. The lowest BCUT2D eigenvalue weighted by Crippen LogP contribution is -2.56. The monoisotopic (exact) mass is 499 g/mol. The number of para-hydroxylation sites is 1. The van der Waals surface area contributed by atoms with Crippen LogP contribution in [0.3, 0.4) is 0 Å². The van der Waals surface area contributed by atoms with Gasteiger partial charge in [0.2, 0.25) is 0 Å². The molecule has 3 nitrogen and oxygen atoms in total. The lowest BCUT2D eigenvalue weighted by Gasteiger charge is -2.42. The van der Waals surface area contributed by atoms with E-state index in [-0.39, 0.29) is 24.5 Å². The van der Waals surface area contributed by atoms with Crippen LogP contribution in [0.4, 0.5) is 23.2 Å². The first-order chi connectivity index (χ1) is 17.0. The van der Waals surface area contributed by atoms with E-state index in [0.29, 0.717) is 5.69 Å². The quantitative estimate of drug-likeness (QED) is 0.342. The van der Waals surface area contributed by atoms with Crippen molar-refractivity contribution in [2.75, 3.05) is 18.0 Å². The number of ether oxygens (including phenoxy) is 1. The summed E-state index contributed by atoms with van der Waals surface area (Å²) in [5.41, 5.74) is -1.79. The summed E-state index contributed by atoms with van der Waals surface area (Å²) < 4.78 is 63.5. The van der Waals surface area contributed by atoms with Crippen LogP contribution < -0.4 is 9.64 Å². The molecule has 4 rings (SSSR count).